The summed E-state index contributed by atoms with van der Waals surface area (Å²) in [7, 11) is 0. The highest BCUT2D eigenvalue weighted by Gasteiger charge is 2.03. The van der Waals surface area contributed by atoms with Gasteiger partial charge in [0.2, 0.25) is 0 Å². The number of benzene rings is 1. The first-order valence-electron chi connectivity index (χ1n) is 6.50. The Kier molecular flexibility index (Phi) is 5.78. The van der Waals surface area contributed by atoms with Crippen LogP contribution in [0.3, 0.4) is 0 Å². The van der Waals surface area contributed by atoms with Crippen molar-refractivity contribution in [3.63, 3.8) is 0 Å². The van der Waals surface area contributed by atoms with Crippen LogP contribution in [0, 0.1) is 0 Å². The van der Waals surface area contributed by atoms with Crippen LogP contribution in [0.2, 0.25) is 10.0 Å². The number of carboxylic acids is 1. The summed E-state index contributed by atoms with van der Waals surface area (Å²) in [5, 5.41) is 15.3. The molecule has 0 aliphatic carbocycles. The van der Waals surface area contributed by atoms with Gasteiger partial charge in [0.05, 0.1) is 21.7 Å². The smallest absolute Gasteiger partial charge is 0.165 e. The van der Waals surface area contributed by atoms with E-state index < -0.39 is 12.6 Å². The number of hydrogen-bond acceptors (Lipinski definition) is 6. The Hall–Kier alpha value is -2.31. The molecule has 0 aliphatic heterocycles. The van der Waals surface area contributed by atoms with E-state index in [0.717, 1.165) is 5.56 Å². The lowest BCUT2D eigenvalue weighted by atomic mass is 10.1. The molecular formula is C15H12Cl2N3O3-. The molecule has 0 saturated heterocycles. The normalized spacial score (nSPS) is 11.2. The molecule has 1 aromatic carbocycles. The van der Waals surface area contributed by atoms with E-state index in [2.05, 4.69) is 15.5 Å². The molecule has 0 unspecified atom stereocenters. The summed E-state index contributed by atoms with van der Waals surface area (Å²) in [4.78, 5) is 14.4. The third kappa shape index (κ3) is 5.12. The number of halogens is 2. The number of hydrogen-bond donors (Lipinski definition) is 1. The Bertz CT molecular complexity index is 733. The molecule has 2 rings (SSSR count). The van der Waals surface area contributed by atoms with Crippen molar-refractivity contribution < 1.29 is 14.6 Å². The molecule has 23 heavy (non-hydrogen) atoms. The second kappa shape index (κ2) is 7.80. The monoisotopic (exact) mass is 352 g/mol. The maximum atomic E-state index is 10.3. The molecule has 0 amide bonds. The van der Waals surface area contributed by atoms with Gasteiger partial charge in [-0.1, -0.05) is 23.2 Å². The van der Waals surface area contributed by atoms with Gasteiger partial charge < -0.3 is 14.6 Å². The third-order valence-corrected chi connectivity index (χ3v) is 3.26. The number of hydrazone groups is 1. The molecular weight excluding hydrogens is 341 g/mol. The molecule has 0 aliphatic rings. The van der Waals surface area contributed by atoms with Crippen molar-refractivity contribution >= 4 is 40.7 Å². The number of anilines is 1. The standard InChI is InChI=1S/C15H13Cl2N3O3/c1-9(19-20-15-13(17)6-11(16)7-18-15)10-2-4-12(5-3-10)23-8-14(21)22/h2-7H,8H2,1H3,(H,18,20)(H,21,22)/p-1/b19-9-. The molecule has 0 fully saturated rings. The van der Waals surface area contributed by atoms with Gasteiger partial charge in [-0.3, -0.25) is 5.43 Å². The van der Waals surface area contributed by atoms with E-state index in [0.29, 0.717) is 27.3 Å². The van der Waals surface area contributed by atoms with Gasteiger partial charge in [0.15, 0.2) is 5.82 Å². The minimum atomic E-state index is -1.27. The largest absolute Gasteiger partial charge is 0.546 e. The van der Waals surface area contributed by atoms with Crippen LogP contribution in [0.1, 0.15) is 12.5 Å². The Morgan fingerprint density at radius 2 is 2.04 bits per heavy atom. The molecule has 0 radical (unpaired) electrons. The fraction of sp³-hybridized carbons (Fsp3) is 0.133. The molecule has 0 saturated carbocycles. The number of ether oxygens (including phenoxy) is 1. The van der Waals surface area contributed by atoms with Gasteiger partial charge in [0.25, 0.3) is 0 Å². The van der Waals surface area contributed by atoms with Crippen molar-refractivity contribution in [1.82, 2.24) is 4.98 Å². The number of carboxylic acid groups (broad SMARTS) is 1. The topological polar surface area (TPSA) is 86.6 Å². The van der Waals surface area contributed by atoms with E-state index in [9.17, 15) is 9.90 Å². The van der Waals surface area contributed by atoms with Crippen LogP contribution in [0.5, 0.6) is 5.75 Å². The van der Waals surface area contributed by atoms with Crippen molar-refractivity contribution in [2.45, 2.75) is 6.92 Å². The molecule has 120 valence electrons. The third-order valence-electron chi connectivity index (χ3n) is 2.77. The van der Waals surface area contributed by atoms with E-state index in [1.807, 2.05) is 0 Å². The lowest BCUT2D eigenvalue weighted by molar-refractivity contribution is -0.307. The Balaban J connectivity index is 2.04. The number of aliphatic carboxylic acids is 1. The number of carbonyl (C=O) groups is 1. The average Bonchev–Trinajstić information content (AvgIpc) is 2.52. The average molecular weight is 353 g/mol. The van der Waals surface area contributed by atoms with Crippen LogP contribution in [0.15, 0.2) is 41.6 Å². The minimum absolute atomic E-state index is 0.361. The number of rotatable bonds is 6. The van der Waals surface area contributed by atoms with E-state index in [1.54, 1.807) is 37.3 Å². The minimum Gasteiger partial charge on any atom is -0.546 e. The summed E-state index contributed by atoms with van der Waals surface area (Å²) in [6.07, 6.45) is 1.46. The summed E-state index contributed by atoms with van der Waals surface area (Å²) in [5.41, 5.74) is 4.27. The van der Waals surface area contributed by atoms with Crippen LogP contribution < -0.4 is 15.3 Å². The van der Waals surface area contributed by atoms with E-state index >= 15 is 0 Å². The molecule has 8 heteroatoms. The highest BCUT2D eigenvalue weighted by molar-refractivity contribution is 6.35. The van der Waals surface area contributed by atoms with Gasteiger partial charge in [-0.2, -0.15) is 5.10 Å². The van der Waals surface area contributed by atoms with Crippen LogP contribution in [0.4, 0.5) is 5.82 Å². The summed E-state index contributed by atoms with van der Waals surface area (Å²) < 4.78 is 5.00. The summed E-state index contributed by atoms with van der Waals surface area (Å²) >= 11 is 11.8. The highest BCUT2D eigenvalue weighted by atomic mass is 35.5. The van der Waals surface area contributed by atoms with Crippen LogP contribution in [-0.4, -0.2) is 23.3 Å². The quantitative estimate of drug-likeness (QED) is 0.636. The zero-order valence-corrected chi connectivity index (χ0v) is 13.6. The van der Waals surface area contributed by atoms with Crippen LogP contribution in [0.25, 0.3) is 0 Å². The van der Waals surface area contributed by atoms with Crippen molar-refractivity contribution in [3.05, 3.63) is 52.1 Å². The maximum absolute atomic E-state index is 10.3. The zero-order valence-electron chi connectivity index (χ0n) is 12.0. The van der Waals surface area contributed by atoms with Gasteiger partial charge in [-0.15, -0.1) is 0 Å². The Labute approximate surface area is 142 Å². The number of pyridine rings is 1. The number of carbonyl (C=O) groups excluding carboxylic acids is 1. The SMILES string of the molecule is C/C(=N/Nc1ncc(Cl)cc1Cl)c1ccc(OCC(=O)[O-])cc1. The van der Waals surface area contributed by atoms with Crippen molar-refractivity contribution in [2.24, 2.45) is 5.10 Å². The summed E-state index contributed by atoms with van der Waals surface area (Å²) in [6.45, 7) is 1.31. The van der Waals surface area contributed by atoms with Crippen molar-refractivity contribution in [3.8, 4) is 5.75 Å². The molecule has 1 heterocycles. The van der Waals surface area contributed by atoms with Crippen molar-refractivity contribution in [1.29, 1.82) is 0 Å². The second-order valence-electron chi connectivity index (χ2n) is 4.48. The van der Waals surface area contributed by atoms with E-state index in [-0.39, 0.29) is 0 Å². The van der Waals surface area contributed by atoms with Crippen LogP contribution in [-0.2, 0) is 4.79 Å². The number of aromatic nitrogens is 1. The lowest BCUT2D eigenvalue weighted by Gasteiger charge is -2.08. The number of nitrogens with zero attached hydrogens (tertiary/aromatic N) is 2. The lowest BCUT2D eigenvalue weighted by Crippen LogP contribution is -2.28. The van der Waals surface area contributed by atoms with Crippen molar-refractivity contribution in [2.75, 3.05) is 12.0 Å². The molecule has 6 nitrogen and oxygen atoms in total. The summed E-state index contributed by atoms with van der Waals surface area (Å²) in [5.74, 6) is -0.450. The first kappa shape index (κ1) is 17.1. The fourth-order valence-electron chi connectivity index (χ4n) is 1.63. The molecule has 1 aromatic heterocycles. The predicted octanol–water partition coefficient (Wildman–Crippen LogP) is 2.35. The maximum Gasteiger partial charge on any atom is 0.165 e. The molecule has 0 atom stereocenters. The van der Waals surface area contributed by atoms with Gasteiger partial charge in [0, 0.05) is 6.20 Å². The van der Waals surface area contributed by atoms with E-state index in [4.69, 9.17) is 27.9 Å². The second-order valence-corrected chi connectivity index (χ2v) is 5.32. The van der Waals surface area contributed by atoms with Gasteiger partial charge in [-0.25, -0.2) is 4.98 Å². The first-order chi connectivity index (χ1) is 11.0. The number of nitrogens with one attached hydrogen (secondary N) is 1. The first-order valence-corrected chi connectivity index (χ1v) is 7.25. The van der Waals surface area contributed by atoms with Crippen LogP contribution >= 0.6 is 23.2 Å². The Morgan fingerprint density at radius 1 is 1.35 bits per heavy atom. The predicted molar refractivity (Wildman–Crippen MR) is 87.0 cm³/mol. The highest BCUT2D eigenvalue weighted by Crippen LogP contribution is 2.22. The molecule has 2 aromatic rings. The molecule has 0 spiro atoms. The molecule has 0 bridgehead atoms. The fourth-order valence-corrected chi connectivity index (χ4v) is 2.06. The zero-order chi connectivity index (χ0) is 16.8. The summed E-state index contributed by atoms with van der Waals surface area (Å²) in [6, 6.07) is 8.35. The van der Waals surface area contributed by atoms with E-state index in [1.165, 1.54) is 6.20 Å². The van der Waals surface area contributed by atoms with Gasteiger partial charge >= 0.3 is 0 Å². The van der Waals surface area contributed by atoms with Gasteiger partial charge in [-0.05, 0) is 42.8 Å². The van der Waals surface area contributed by atoms with Gasteiger partial charge in [0.1, 0.15) is 12.4 Å². The Morgan fingerprint density at radius 3 is 2.65 bits per heavy atom. The molecule has 1 N–H and O–H groups in total.